The van der Waals surface area contributed by atoms with Crippen LogP contribution in [-0.2, 0) is 17.6 Å². The molecule has 1 aromatic carbocycles. The van der Waals surface area contributed by atoms with Gasteiger partial charge in [0.25, 0.3) is 0 Å². The number of hydrogen-bond donors (Lipinski definition) is 2. The van der Waals surface area contributed by atoms with E-state index in [-0.39, 0.29) is 11.9 Å². The van der Waals surface area contributed by atoms with Gasteiger partial charge < -0.3 is 15.5 Å². The molecule has 1 atom stereocenters. The fraction of sp³-hybridized carbons (Fsp3) is 0.312. The quantitative estimate of drug-likeness (QED) is 0.794. The number of carbonyl (C=O) groups excluding carboxylic acids is 1. The van der Waals surface area contributed by atoms with Crippen LogP contribution in [-0.4, -0.2) is 11.9 Å². The molecular weight excluding hydrogens is 252 g/mol. The molecule has 0 saturated heterocycles. The first-order valence-electron chi connectivity index (χ1n) is 6.79. The second kappa shape index (κ2) is 6.80. The number of hydrogen-bond acceptors (Lipinski definition) is 3. The van der Waals surface area contributed by atoms with E-state index in [1.807, 2.05) is 43.3 Å². The summed E-state index contributed by atoms with van der Waals surface area (Å²) in [6.45, 7) is 1.98. The molecule has 0 radical (unpaired) electrons. The van der Waals surface area contributed by atoms with Crippen LogP contribution in [0.2, 0.25) is 0 Å². The van der Waals surface area contributed by atoms with E-state index in [4.69, 9.17) is 10.2 Å². The van der Waals surface area contributed by atoms with E-state index >= 15 is 0 Å². The fourth-order valence-electron chi connectivity index (χ4n) is 2.07. The maximum atomic E-state index is 11.9. The molecule has 1 unspecified atom stereocenters. The summed E-state index contributed by atoms with van der Waals surface area (Å²) in [6, 6.07) is 11.4. The number of carbonyl (C=O) groups is 1. The lowest BCUT2D eigenvalue weighted by Crippen LogP contribution is -2.34. The third-order valence-electron chi connectivity index (χ3n) is 3.12. The standard InChI is InChI=1S/C16H20N2O2/c1-12(11-15-3-2-10-20-15)18-16(19)9-6-13-4-7-14(17)8-5-13/h2-5,7-8,10,12H,6,9,11,17H2,1H3,(H,18,19). The Kier molecular flexibility index (Phi) is 4.82. The average molecular weight is 272 g/mol. The SMILES string of the molecule is CC(Cc1ccco1)NC(=O)CCc1ccc(N)cc1. The molecule has 3 N–H and O–H groups in total. The van der Waals surface area contributed by atoms with E-state index in [2.05, 4.69) is 5.32 Å². The van der Waals surface area contributed by atoms with Crippen molar-refractivity contribution in [3.8, 4) is 0 Å². The van der Waals surface area contributed by atoms with Gasteiger partial charge in [-0.3, -0.25) is 4.79 Å². The highest BCUT2D eigenvalue weighted by Gasteiger charge is 2.09. The molecule has 106 valence electrons. The van der Waals surface area contributed by atoms with Crippen molar-refractivity contribution >= 4 is 11.6 Å². The molecular formula is C16H20N2O2. The Balaban J connectivity index is 1.73. The topological polar surface area (TPSA) is 68.3 Å². The van der Waals surface area contributed by atoms with Crippen LogP contribution in [0.1, 0.15) is 24.7 Å². The van der Waals surface area contributed by atoms with Crippen molar-refractivity contribution in [2.45, 2.75) is 32.2 Å². The lowest BCUT2D eigenvalue weighted by Gasteiger charge is -2.12. The molecule has 0 aliphatic rings. The lowest BCUT2D eigenvalue weighted by atomic mass is 10.1. The highest BCUT2D eigenvalue weighted by atomic mass is 16.3. The second-order valence-electron chi connectivity index (χ2n) is 4.99. The molecule has 4 nitrogen and oxygen atoms in total. The molecule has 0 fully saturated rings. The number of aryl methyl sites for hydroxylation is 1. The summed E-state index contributed by atoms with van der Waals surface area (Å²) >= 11 is 0. The van der Waals surface area contributed by atoms with Crippen LogP contribution >= 0.6 is 0 Å². The summed E-state index contributed by atoms with van der Waals surface area (Å²) in [5.74, 6) is 0.942. The van der Waals surface area contributed by atoms with Gasteiger partial charge in [-0.05, 0) is 43.2 Å². The Labute approximate surface area is 119 Å². The van der Waals surface area contributed by atoms with E-state index in [1.54, 1.807) is 6.26 Å². The molecule has 0 aliphatic carbocycles. The predicted molar refractivity (Wildman–Crippen MR) is 79.2 cm³/mol. The molecule has 4 heteroatoms. The zero-order chi connectivity index (χ0) is 14.4. The minimum atomic E-state index is 0.0564. The Bertz CT molecular complexity index is 532. The highest BCUT2D eigenvalue weighted by molar-refractivity contribution is 5.76. The number of nitrogens with two attached hydrogens (primary N) is 1. The van der Waals surface area contributed by atoms with Gasteiger partial charge in [-0.1, -0.05) is 12.1 Å². The van der Waals surface area contributed by atoms with Gasteiger partial charge in [0.2, 0.25) is 5.91 Å². The van der Waals surface area contributed by atoms with Crippen LogP contribution in [0, 0.1) is 0 Å². The number of nitrogens with one attached hydrogen (secondary N) is 1. The average Bonchev–Trinajstić information content (AvgIpc) is 2.90. The molecule has 20 heavy (non-hydrogen) atoms. The Morgan fingerprint density at radius 2 is 2.05 bits per heavy atom. The van der Waals surface area contributed by atoms with Crippen molar-refractivity contribution in [3.05, 3.63) is 54.0 Å². The first-order chi connectivity index (χ1) is 9.63. The van der Waals surface area contributed by atoms with Crippen molar-refractivity contribution in [1.29, 1.82) is 0 Å². The van der Waals surface area contributed by atoms with Crippen LogP contribution in [0.15, 0.2) is 47.1 Å². The molecule has 0 bridgehead atoms. The number of nitrogen functional groups attached to an aromatic ring is 1. The summed E-state index contributed by atoms with van der Waals surface area (Å²) in [5, 5.41) is 2.98. The van der Waals surface area contributed by atoms with Crippen molar-refractivity contribution in [2.24, 2.45) is 0 Å². The van der Waals surface area contributed by atoms with Crippen LogP contribution in [0.25, 0.3) is 0 Å². The van der Waals surface area contributed by atoms with Crippen molar-refractivity contribution < 1.29 is 9.21 Å². The van der Waals surface area contributed by atoms with Gasteiger partial charge in [0.15, 0.2) is 0 Å². The van der Waals surface area contributed by atoms with E-state index in [1.165, 1.54) is 0 Å². The smallest absolute Gasteiger partial charge is 0.220 e. The largest absolute Gasteiger partial charge is 0.469 e. The lowest BCUT2D eigenvalue weighted by molar-refractivity contribution is -0.121. The van der Waals surface area contributed by atoms with Gasteiger partial charge >= 0.3 is 0 Å². The van der Waals surface area contributed by atoms with Crippen molar-refractivity contribution in [3.63, 3.8) is 0 Å². The third-order valence-corrected chi connectivity index (χ3v) is 3.12. The van der Waals surface area contributed by atoms with Gasteiger partial charge in [0.05, 0.1) is 6.26 Å². The minimum Gasteiger partial charge on any atom is -0.469 e. The fourth-order valence-corrected chi connectivity index (χ4v) is 2.07. The van der Waals surface area contributed by atoms with Gasteiger partial charge in [-0.2, -0.15) is 0 Å². The summed E-state index contributed by atoms with van der Waals surface area (Å²) in [6.07, 6.45) is 3.55. The minimum absolute atomic E-state index is 0.0564. The molecule has 2 aromatic rings. The first-order valence-corrected chi connectivity index (χ1v) is 6.79. The molecule has 0 aliphatic heterocycles. The number of amides is 1. The summed E-state index contributed by atoms with van der Waals surface area (Å²) in [4.78, 5) is 11.9. The number of rotatable bonds is 6. The van der Waals surface area contributed by atoms with Gasteiger partial charge in [0.1, 0.15) is 5.76 Å². The summed E-state index contributed by atoms with van der Waals surface area (Å²) in [7, 11) is 0. The monoisotopic (exact) mass is 272 g/mol. The zero-order valence-corrected chi connectivity index (χ0v) is 11.6. The highest BCUT2D eigenvalue weighted by Crippen LogP contribution is 2.08. The van der Waals surface area contributed by atoms with E-state index in [0.717, 1.165) is 23.4 Å². The maximum absolute atomic E-state index is 11.9. The number of furan rings is 1. The van der Waals surface area contributed by atoms with Crippen molar-refractivity contribution in [1.82, 2.24) is 5.32 Å². The number of benzene rings is 1. The van der Waals surface area contributed by atoms with E-state index < -0.39 is 0 Å². The predicted octanol–water partition coefficient (Wildman–Crippen LogP) is 2.54. The van der Waals surface area contributed by atoms with E-state index in [0.29, 0.717) is 12.8 Å². The van der Waals surface area contributed by atoms with Gasteiger partial charge in [-0.25, -0.2) is 0 Å². The first kappa shape index (κ1) is 14.2. The molecule has 2 rings (SSSR count). The van der Waals surface area contributed by atoms with Crippen molar-refractivity contribution in [2.75, 3.05) is 5.73 Å². The Morgan fingerprint density at radius 1 is 1.30 bits per heavy atom. The van der Waals surface area contributed by atoms with Crippen LogP contribution < -0.4 is 11.1 Å². The normalized spacial score (nSPS) is 12.1. The third kappa shape index (κ3) is 4.46. The zero-order valence-electron chi connectivity index (χ0n) is 11.6. The van der Waals surface area contributed by atoms with Gasteiger partial charge in [0, 0.05) is 24.6 Å². The molecule has 1 aromatic heterocycles. The molecule has 1 amide bonds. The van der Waals surface area contributed by atoms with Crippen LogP contribution in [0.4, 0.5) is 5.69 Å². The van der Waals surface area contributed by atoms with Gasteiger partial charge in [-0.15, -0.1) is 0 Å². The molecule has 1 heterocycles. The maximum Gasteiger partial charge on any atom is 0.220 e. The second-order valence-corrected chi connectivity index (χ2v) is 4.99. The Hall–Kier alpha value is -2.23. The molecule has 0 spiro atoms. The summed E-state index contributed by atoms with van der Waals surface area (Å²) in [5.41, 5.74) is 7.48. The number of anilines is 1. The summed E-state index contributed by atoms with van der Waals surface area (Å²) < 4.78 is 5.26. The Morgan fingerprint density at radius 3 is 2.70 bits per heavy atom. The van der Waals surface area contributed by atoms with E-state index in [9.17, 15) is 4.79 Å². The van der Waals surface area contributed by atoms with Crippen LogP contribution in [0.3, 0.4) is 0 Å². The molecule has 0 saturated carbocycles. The van der Waals surface area contributed by atoms with Crippen LogP contribution in [0.5, 0.6) is 0 Å².